The molecule has 0 heterocycles. The van der Waals surface area contributed by atoms with Crippen molar-refractivity contribution in [3.8, 4) is 0 Å². The monoisotopic (exact) mass is 240 g/mol. The van der Waals surface area contributed by atoms with E-state index in [0.717, 1.165) is 6.42 Å². The van der Waals surface area contributed by atoms with Crippen molar-refractivity contribution in [3.05, 3.63) is 0 Å². The quantitative estimate of drug-likeness (QED) is 0.666. The number of rotatable bonds is 7. The van der Waals surface area contributed by atoms with Crippen molar-refractivity contribution >= 4 is 13.4 Å². The van der Waals surface area contributed by atoms with Crippen LogP contribution in [-0.4, -0.2) is 27.9 Å². The van der Waals surface area contributed by atoms with Crippen LogP contribution in [0, 0.1) is 5.92 Å². The summed E-state index contributed by atoms with van der Waals surface area (Å²) in [5.74, 6) is -0.554. The summed E-state index contributed by atoms with van der Waals surface area (Å²) < 4.78 is 23.5. The van der Waals surface area contributed by atoms with Crippen LogP contribution < -0.4 is 0 Å². The lowest BCUT2D eigenvalue weighted by Crippen LogP contribution is -2.19. The van der Waals surface area contributed by atoms with E-state index in [-0.39, 0.29) is 6.42 Å². The van der Waals surface area contributed by atoms with Crippen molar-refractivity contribution in [2.75, 3.05) is 6.16 Å². The third-order valence-corrected chi connectivity index (χ3v) is 2.67. The number of Topliss-reactive ketones (excluding diaryl/α,β-unsaturated/α-hetero) is 1. The van der Waals surface area contributed by atoms with E-state index in [9.17, 15) is 13.8 Å². The molecule has 0 aromatic rings. The van der Waals surface area contributed by atoms with E-state index in [2.05, 4.69) is 0 Å². The summed E-state index contributed by atoms with van der Waals surface area (Å²) in [5.41, 5.74) is 0. The summed E-state index contributed by atoms with van der Waals surface area (Å²) in [5, 5.41) is 0. The molecule has 1 unspecified atom stereocenters. The first-order valence-corrected chi connectivity index (χ1v) is 6.73. The predicted molar refractivity (Wildman–Crippen MR) is 55.5 cm³/mol. The molecule has 0 fully saturated rings. The van der Waals surface area contributed by atoms with Gasteiger partial charge in [-0.25, -0.2) is 4.39 Å². The zero-order chi connectivity index (χ0) is 12.1. The summed E-state index contributed by atoms with van der Waals surface area (Å²) in [4.78, 5) is 27.9. The molecule has 0 aliphatic rings. The molecule has 0 aliphatic heterocycles. The van der Waals surface area contributed by atoms with Crippen molar-refractivity contribution in [1.29, 1.82) is 0 Å². The lowest BCUT2D eigenvalue weighted by Gasteiger charge is -2.09. The standard InChI is InChI=1S/C9H18FO4P/c1-7(2)4-3-5-8(10)9(11)6-15(12,13)14/h7-8H,3-6H2,1-2H3,(H2,12,13,14). The van der Waals surface area contributed by atoms with Crippen LogP contribution in [0.3, 0.4) is 0 Å². The van der Waals surface area contributed by atoms with Gasteiger partial charge in [0.2, 0.25) is 0 Å². The van der Waals surface area contributed by atoms with E-state index >= 15 is 0 Å². The van der Waals surface area contributed by atoms with E-state index in [1.807, 2.05) is 13.8 Å². The van der Waals surface area contributed by atoms with Gasteiger partial charge >= 0.3 is 7.60 Å². The van der Waals surface area contributed by atoms with Crippen LogP contribution in [0.2, 0.25) is 0 Å². The lowest BCUT2D eigenvalue weighted by molar-refractivity contribution is -0.121. The van der Waals surface area contributed by atoms with Gasteiger partial charge in [0.05, 0.1) is 0 Å². The molecular weight excluding hydrogens is 222 g/mol. The third kappa shape index (κ3) is 8.73. The highest BCUT2D eigenvalue weighted by atomic mass is 31.2. The third-order valence-electron chi connectivity index (χ3n) is 1.95. The Bertz CT molecular complexity index is 248. The Morgan fingerprint density at radius 2 is 1.87 bits per heavy atom. The number of ketones is 1. The zero-order valence-electron chi connectivity index (χ0n) is 9.02. The molecule has 15 heavy (non-hydrogen) atoms. The maximum Gasteiger partial charge on any atom is 0.333 e. The normalized spacial score (nSPS) is 14.3. The number of halogens is 1. The fourth-order valence-corrected chi connectivity index (χ4v) is 1.77. The number of carbonyl (C=O) groups excluding carboxylic acids is 1. The van der Waals surface area contributed by atoms with Gasteiger partial charge in [0, 0.05) is 0 Å². The van der Waals surface area contributed by atoms with E-state index in [1.54, 1.807) is 0 Å². The van der Waals surface area contributed by atoms with Crippen LogP contribution in [0.1, 0.15) is 33.1 Å². The highest BCUT2D eigenvalue weighted by molar-refractivity contribution is 7.52. The average Bonchev–Trinajstić information content (AvgIpc) is 1.99. The SMILES string of the molecule is CC(C)CCCC(F)C(=O)CP(=O)(O)O. The van der Waals surface area contributed by atoms with Crippen molar-refractivity contribution in [2.24, 2.45) is 5.92 Å². The van der Waals surface area contributed by atoms with Gasteiger partial charge in [-0.2, -0.15) is 0 Å². The molecule has 0 aliphatic carbocycles. The van der Waals surface area contributed by atoms with Crippen LogP contribution >= 0.6 is 7.60 Å². The van der Waals surface area contributed by atoms with Crippen LogP contribution in [-0.2, 0) is 9.36 Å². The molecule has 0 spiro atoms. The first-order chi connectivity index (χ1) is 6.72. The molecule has 6 heteroatoms. The van der Waals surface area contributed by atoms with Gasteiger partial charge in [-0.3, -0.25) is 9.36 Å². The minimum absolute atomic E-state index is 0.0526. The Labute approximate surface area is 89.0 Å². The molecule has 0 amide bonds. The minimum atomic E-state index is -4.42. The summed E-state index contributed by atoms with van der Waals surface area (Å²) in [6.07, 6.45) is -1.31. The second kappa shape index (κ2) is 6.36. The molecule has 4 nitrogen and oxygen atoms in total. The van der Waals surface area contributed by atoms with Gasteiger partial charge in [0.25, 0.3) is 0 Å². The molecule has 0 aromatic carbocycles. The smallest absolute Gasteiger partial charge is 0.324 e. The molecule has 2 N–H and O–H groups in total. The molecule has 0 saturated carbocycles. The predicted octanol–water partition coefficient (Wildman–Crippen LogP) is 1.90. The summed E-state index contributed by atoms with van der Waals surface area (Å²) in [6.45, 7) is 3.98. The van der Waals surface area contributed by atoms with E-state index in [4.69, 9.17) is 9.79 Å². The lowest BCUT2D eigenvalue weighted by atomic mass is 10.0. The van der Waals surface area contributed by atoms with Gasteiger partial charge < -0.3 is 9.79 Å². The van der Waals surface area contributed by atoms with Crippen molar-refractivity contribution in [1.82, 2.24) is 0 Å². The van der Waals surface area contributed by atoms with Crippen LogP contribution in [0.5, 0.6) is 0 Å². The summed E-state index contributed by atoms with van der Waals surface area (Å²) in [6, 6.07) is 0. The van der Waals surface area contributed by atoms with E-state index < -0.39 is 25.7 Å². The topological polar surface area (TPSA) is 74.6 Å². The molecule has 0 aromatic heterocycles. The maximum absolute atomic E-state index is 13.1. The van der Waals surface area contributed by atoms with Crippen molar-refractivity contribution in [3.63, 3.8) is 0 Å². The summed E-state index contributed by atoms with van der Waals surface area (Å²) in [7, 11) is -4.42. The highest BCUT2D eigenvalue weighted by Crippen LogP contribution is 2.34. The second-order valence-corrected chi connectivity index (χ2v) is 5.73. The molecule has 0 saturated heterocycles. The zero-order valence-corrected chi connectivity index (χ0v) is 9.91. The van der Waals surface area contributed by atoms with E-state index in [1.165, 1.54) is 0 Å². The molecule has 0 rings (SSSR count). The number of hydrogen-bond acceptors (Lipinski definition) is 2. The first-order valence-electron chi connectivity index (χ1n) is 4.93. The van der Waals surface area contributed by atoms with Crippen molar-refractivity contribution < 1.29 is 23.5 Å². The van der Waals surface area contributed by atoms with Crippen molar-refractivity contribution in [2.45, 2.75) is 39.3 Å². The van der Waals surface area contributed by atoms with Gasteiger partial charge in [-0.15, -0.1) is 0 Å². The van der Waals surface area contributed by atoms with E-state index in [0.29, 0.717) is 12.3 Å². The Balaban J connectivity index is 3.85. The Kier molecular flexibility index (Phi) is 6.25. The second-order valence-electron chi connectivity index (χ2n) is 4.08. The Hall–Kier alpha value is -0.250. The molecular formula is C9H18FO4P. The Morgan fingerprint density at radius 3 is 2.27 bits per heavy atom. The van der Waals surface area contributed by atoms with Gasteiger partial charge in [0.15, 0.2) is 12.0 Å². The highest BCUT2D eigenvalue weighted by Gasteiger charge is 2.25. The van der Waals surface area contributed by atoms with Gasteiger partial charge in [-0.05, 0) is 18.8 Å². The average molecular weight is 240 g/mol. The fraction of sp³-hybridized carbons (Fsp3) is 0.889. The first kappa shape index (κ1) is 14.8. The maximum atomic E-state index is 13.1. The molecule has 1 atom stereocenters. The molecule has 0 radical (unpaired) electrons. The Morgan fingerprint density at radius 1 is 1.33 bits per heavy atom. The largest absolute Gasteiger partial charge is 0.333 e. The summed E-state index contributed by atoms with van der Waals surface area (Å²) >= 11 is 0. The molecule has 0 bridgehead atoms. The van der Waals surface area contributed by atoms with Gasteiger partial charge in [-0.1, -0.05) is 20.3 Å². The van der Waals surface area contributed by atoms with Gasteiger partial charge in [0.1, 0.15) is 6.16 Å². The molecule has 90 valence electrons. The minimum Gasteiger partial charge on any atom is -0.324 e. The van der Waals surface area contributed by atoms with Crippen LogP contribution in [0.4, 0.5) is 4.39 Å². The fourth-order valence-electron chi connectivity index (χ4n) is 1.17. The number of carbonyl (C=O) groups is 1. The van der Waals surface area contributed by atoms with Crippen LogP contribution in [0.25, 0.3) is 0 Å². The van der Waals surface area contributed by atoms with Crippen LogP contribution in [0.15, 0.2) is 0 Å². The number of hydrogen-bond donors (Lipinski definition) is 2. The number of alkyl halides is 1.